The summed E-state index contributed by atoms with van der Waals surface area (Å²) >= 11 is 0. The number of hydrogen-bond donors (Lipinski definition) is 0. The van der Waals surface area contributed by atoms with E-state index in [4.69, 9.17) is 4.74 Å². The van der Waals surface area contributed by atoms with E-state index in [0.717, 1.165) is 26.1 Å². The minimum atomic E-state index is -0.456. The molecule has 1 aromatic rings. The molecule has 0 aliphatic rings. The topological polar surface area (TPSA) is 32.8 Å². The second-order valence-corrected chi connectivity index (χ2v) is 7.09. The second-order valence-electron chi connectivity index (χ2n) is 7.09. The highest BCUT2D eigenvalue weighted by Gasteiger charge is 2.17. The second kappa shape index (κ2) is 8.30. The quantitative estimate of drug-likeness (QED) is 0.725. The van der Waals surface area contributed by atoms with Gasteiger partial charge in [0.15, 0.2) is 0 Å². The molecular formula is C18H30N2O2. The van der Waals surface area contributed by atoms with Gasteiger partial charge < -0.3 is 14.5 Å². The zero-order valence-electron chi connectivity index (χ0n) is 14.8. The molecule has 1 aromatic carbocycles. The van der Waals surface area contributed by atoms with E-state index in [1.807, 2.05) is 45.0 Å². The first-order valence-electron chi connectivity index (χ1n) is 7.83. The van der Waals surface area contributed by atoms with Crippen LogP contribution >= 0.6 is 0 Å². The van der Waals surface area contributed by atoms with Gasteiger partial charge in [0.25, 0.3) is 0 Å². The van der Waals surface area contributed by atoms with Crippen LogP contribution in [0.4, 0.5) is 0 Å². The van der Waals surface area contributed by atoms with Gasteiger partial charge in [-0.15, -0.1) is 0 Å². The zero-order chi connectivity index (χ0) is 16.8. The number of nitrogens with zero attached hydrogens (tertiary/aromatic N) is 2. The highest BCUT2D eigenvalue weighted by molar-refractivity contribution is 5.89. The molecule has 0 saturated carbocycles. The smallest absolute Gasteiger partial charge is 0.338 e. The fraction of sp³-hybridized carbons (Fsp3) is 0.611. The van der Waals surface area contributed by atoms with Crippen LogP contribution in [0.15, 0.2) is 24.3 Å². The summed E-state index contributed by atoms with van der Waals surface area (Å²) < 4.78 is 5.37. The number of esters is 1. The van der Waals surface area contributed by atoms with Crippen molar-refractivity contribution in [3.63, 3.8) is 0 Å². The summed E-state index contributed by atoms with van der Waals surface area (Å²) in [5.74, 6) is -0.265. The normalized spacial score (nSPS) is 12.0. The van der Waals surface area contributed by atoms with Gasteiger partial charge in [0.05, 0.1) is 5.56 Å². The third-order valence-electron chi connectivity index (χ3n) is 3.19. The maximum atomic E-state index is 12.0. The maximum Gasteiger partial charge on any atom is 0.338 e. The van der Waals surface area contributed by atoms with Gasteiger partial charge in [-0.2, -0.15) is 0 Å². The fourth-order valence-electron chi connectivity index (χ4n) is 2.13. The van der Waals surface area contributed by atoms with Crippen LogP contribution in [0.25, 0.3) is 0 Å². The monoisotopic (exact) mass is 306 g/mol. The van der Waals surface area contributed by atoms with Crippen LogP contribution in [-0.2, 0) is 11.3 Å². The van der Waals surface area contributed by atoms with E-state index in [1.165, 1.54) is 5.56 Å². The predicted octanol–water partition coefficient (Wildman–Crippen LogP) is 3.03. The molecule has 22 heavy (non-hydrogen) atoms. The third-order valence-corrected chi connectivity index (χ3v) is 3.19. The van der Waals surface area contributed by atoms with Gasteiger partial charge in [0.2, 0.25) is 0 Å². The van der Waals surface area contributed by atoms with Crippen molar-refractivity contribution in [2.45, 2.75) is 39.3 Å². The average Bonchev–Trinajstić information content (AvgIpc) is 2.37. The van der Waals surface area contributed by atoms with Gasteiger partial charge in [-0.25, -0.2) is 4.79 Å². The summed E-state index contributed by atoms with van der Waals surface area (Å²) in [6, 6.07) is 7.69. The van der Waals surface area contributed by atoms with Crippen molar-refractivity contribution in [1.82, 2.24) is 9.80 Å². The molecule has 0 N–H and O–H groups in total. The molecule has 4 heteroatoms. The highest BCUT2D eigenvalue weighted by atomic mass is 16.6. The van der Waals surface area contributed by atoms with Crippen molar-refractivity contribution in [3.05, 3.63) is 35.4 Å². The van der Waals surface area contributed by atoms with Crippen LogP contribution in [0.2, 0.25) is 0 Å². The maximum absolute atomic E-state index is 12.0. The standard InChI is InChI=1S/C18H30N2O2/c1-18(2,3)22-17(21)16-10-8-15(9-11-16)14-20(6)13-7-12-19(4)5/h8-11H,7,12-14H2,1-6H3. The third kappa shape index (κ3) is 7.57. The van der Waals surface area contributed by atoms with E-state index in [-0.39, 0.29) is 5.97 Å². The van der Waals surface area contributed by atoms with Gasteiger partial charge in [0.1, 0.15) is 5.60 Å². The molecule has 0 fully saturated rings. The molecule has 0 spiro atoms. The van der Waals surface area contributed by atoms with Crippen LogP contribution in [0.3, 0.4) is 0 Å². The summed E-state index contributed by atoms with van der Waals surface area (Å²) in [5, 5.41) is 0. The van der Waals surface area contributed by atoms with Gasteiger partial charge in [0, 0.05) is 6.54 Å². The molecule has 0 atom stereocenters. The van der Waals surface area contributed by atoms with E-state index < -0.39 is 5.60 Å². The average molecular weight is 306 g/mol. The Kier molecular flexibility index (Phi) is 7.04. The lowest BCUT2D eigenvalue weighted by atomic mass is 10.1. The Hall–Kier alpha value is -1.39. The molecule has 1 rings (SSSR count). The molecule has 0 bridgehead atoms. The molecule has 4 nitrogen and oxygen atoms in total. The molecule has 0 radical (unpaired) electrons. The van der Waals surface area contributed by atoms with Gasteiger partial charge in [-0.1, -0.05) is 12.1 Å². The molecule has 0 aliphatic heterocycles. The van der Waals surface area contributed by atoms with E-state index in [9.17, 15) is 4.79 Å². The molecule has 0 saturated heterocycles. The Morgan fingerprint density at radius 1 is 1.05 bits per heavy atom. The number of benzene rings is 1. The summed E-state index contributed by atoms with van der Waals surface area (Å²) in [6.07, 6.45) is 1.15. The van der Waals surface area contributed by atoms with E-state index >= 15 is 0 Å². The Morgan fingerprint density at radius 3 is 2.14 bits per heavy atom. The Morgan fingerprint density at radius 2 is 1.64 bits per heavy atom. The minimum Gasteiger partial charge on any atom is -0.456 e. The lowest BCUT2D eigenvalue weighted by Crippen LogP contribution is -2.24. The summed E-state index contributed by atoms with van der Waals surface area (Å²) in [4.78, 5) is 16.5. The van der Waals surface area contributed by atoms with E-state index in [1.54, 1.807) is 0 Å². The summed E-state index contributed by atoms with van der Waals surface area (Å²) in [6.45, 7) is 8.68. The van der Waals surface area contributed by atoms with Crippen LogP contribution < -0.4 is 0 Å². The number of ether oxygens (including phenoxy) is 1. The van der Waals surface area contributed by atoms with Crippen molar-refractivity contribution < 1.29 is 9.53 Å². The van der Waals surface area contributed by atoms with E-state index in [0.29, 0.717) is 5.56 Å². The van der Waals surface area contributed by atoms with Gasteiger partial charge in [-0.3, -0.25) is 0 Å². The number of carbonyl (C=O) groups is 1. The lowest BCUT2D eigenvalue weighted by Gasteiger charge is -2.20. The molecule has 0 aromatic heterocycles. The van der Waals surface area contributed by atoms with Crippen LogP contribution in [0.1, 0.15) is 43.1 Å². The van der Waals surface area contributed by atoms with Gasteiger partial charge >= 0.3 is 5.97 Å². The van der Waals surface area contributed by atoms with Crippen molar-refractivity contribution in [3.8, 4) is 0 Å². The van der Waals surface area contributed by atoms with Gasteiger partial charge in [-0.05, 0) is 79.1 Å². The lowest BCUT2D eigenvalue weighted by molar-refractivity contribution is 0.00695. The summed E-state index contributed by atoms with van der Waals surface area (Å²) in [5.41, 5.74) is 1.36. The molecule has 0 amide bonds. The molecule has 0 heterocycles. The first kappa shape index (κ1) is 18.7. The molecule has 0 aliphatic carbocycles. The Bertz CT molecular complexity index is 461. The van der Waals surface area contributed by atoms with Crippen LogP contribution in [0.5, 0.6) is 0 Å². The first-order chi connectivity index (χ1) is 10.2. The number of hydrogen-bond acceptors (Lipinski definition) is 4. The number of carbonyl (C=O) groups excluding carboxylic acids is 1. The zero-order valence-corrected chi connectivity index (χ0v) is 14.8. The van der Waals surface area contributed by atoms with Crippen molar-refractivity contribution in [2.24, 2.45) is 0 Å². The minimum absolute atomic E-state index is 0.265. The summed E-state index contributed by atoms with van der Waals surface area (Å²) in [7, 11) is 6.31. The Balaban J connectivity index is 2.49. The molecule has 0 unspecified atom stereocenters. The Labute approximate surface area is 135 Å². The van der Waals surface area contributed by atoms with Crippen molar-refractivity contribution in [1.29, 1.82) is 0 Å². The molecular weight excluding hydrogens is 276 g/mol. The van der Waals surface area contributed by atoms with Crippen LogP contribution in [0, 0.1) is 0 Å². The van der Waals surface area contributed by atoms with Crippen LogP contribution in [-0.4, -0.2) is 55.6 Å². The number of rotatable bonds is 7. The van der Waals surface area contributed by atoms with Crippen molar-refractivity contribution in [2.75, 3.05) is 34.2 Å². The van der Waals surface area contributed by atoms with Crippen molar-refractivity contribution >= 4 is 5.97 Å². The highest BCUT2D eigenvalue weighted by Crippen LogP contribution is 2.13. The first-order valence-corrected chi connectivity index (χ1v) is 7.83. The fourth-order valence-corrected chi connectivity index (χ4v) is 2.13. The largest absolute Gasteiger partial charge is 0.456 e. The van der Waals surface area contributed by atoms with E-state index in [2.05, 4.69) is 30.9 Å². The predicted molar refractivity (Wildman–Crippen MR) is 91.1 cm³/mol. The SMILES string of the molecule is CN(C)CCCN(C)Cc1ccc(C(=O)OC(C)(C)C)cc1. The molecule has 124 valence electrons.